The standard InChI is InChI=1S/C8H15NO2S/c1-2-3-6-9-7(12)4-5-8(10)11/h2-6H2,1H3,(H,9,12)(H,10,11). The summed E-state index contributed by atoms with van der Waals surface area (Å²) in [4.78, 5) is 10.8. The molecular formula is C8H15NO2S. The van der Waals surface area contributed by atoms with Crippen LogP contribution in [0, 0.1) is 0 Å². The lowest BCUT2D eigenvalue weighted by molar-refractivity contribution is -0.136. The summed E-state index contributed by atoms with van der Waals surface area (Å²) in [5.74, 6) is -0.797. The molecule has 0 aliphatic carbocycles. The van der Waals surface area contributed by atoms with Crippen LogP contribution in [0.15, 0.2) is 0 Å². The summed E-state index contributed by atoms with van der Waals surface area (Å²) in [7, 11) is 0. The van der Waals surface area contributed by atoms with Gasteiger partial charge in [-0.15, -0.1) is 0 Å². The molecule has 0 aliphatic rings. The van der Waals surface area contributed by atoms with E-state index in [9.17, 15) is 4.79 Å². The fraction of sp³-hybridized carbons (Fsp3) is 0.750. The third-order valence-corrected chi connectivity index (χ3v) is 1.77. The van der Waals surface area contributed by atoms with E-state index >= 15 is 0 Å². The van der Waals surface area contributed by atoms with E-state index in [0.717, 1.165) is 19.4 Å². The summed E-state index contributed by atoms with van der Waals surface area (Å²) >= 11 is 4.91. The Morgan fingerprint density at radius 3 is 2.67 bits per heavy atom. The van der Waals surface area contributed by atoms with Crippen LogP contribution in [0.5, 0.6) is 0 Å². The Morgan fingerprint density at radius 1 is 1.50 bits per heavy atom. The molecule has 0 unspecified atom stereocenters. The molecule has 0 fully saturated rings. The molecule has 0 rings (SSSR count). The van der Waals surface area contributed by atoms with Crippen LogP contribution in [-0.4, -0.2) is 22.6 Å². The van der Waals surface area contributed by atoms with Crippen LogP contribution < -0.4 is 5.32 Å². The van der Waals surface area contributed by atoms with Crippen LogP contribution in [0.4, 0.5) is 0 Å². The molecule has 0 aromatic rings. The number of thiocarbonyl (C=S) groups is 1. The predicted molar refractivity (Wildman–Crippen MR) is 52.4 cm³/mol. The lowest BCUT2D eigenvalue weighted by Gasteiger charge is -2.04. The van der Waals surface area contributed by atoms with E-state index in [1.54, 1.807) is 0 Å². The van der Waals surface area contributed by atoms with Gasteiger partial charge in [-0.1, -0.05) is 25.6 Å². The molecule has 2 N–H and O–H groups in total. The van der Waals surface area contributed by atoms with Crippen molar-refractivity contribution in [3.8, 4) is 0 Å². The van der Waals surface area contributed by atoms with Gasteiger partial charge >= 0.3 is 5.97 Å². The lowest BCUT2D eigenvalue weighted by atomic mass is 10.3. The molecule has 4 heteroatoms. The first-order valence-electron chi connectivity index (χ1n) is 4.15. The van der Waals surface area contributed by atoms with Gasteiger partial charge in [0.2, 0.25) is 0 Å². The maximum absolute atomic E-state index is 10.1. The molecule has 0 heterocycles. The van der Waals surface area contributed by atoms with Crippen LogP contribution in [0.3, 0.4) is 0 Å². The summed E-state index contributed by atoms with van der Waals surface area (Å²) in [5.41, 5.74) is 0. The Balaban J connectivity index is 3.28. The minimum atomic E-state index is -0.797. The zero-order valence-electron chi connectivity index (χ0n) is 7.30. The number of nitrogens with one attached hydrogen (secondary N) is 1. The third-order valence-electron chi connectivity index (χ3n) is 1.42. The van der Waals surface area contributed by atoms with E-state index in [4.69, 9.17) is 17.3 Å². The van der Waals surface area contributed by atoms with Crippen LogP contribution in [0.2, 0.25) is 0 Å². The maximum atomic E-state index is 10.1. The van der Waals surface area contributed by atoms with Crippen molar-refractivity contribution in [3.63, 3.8) is 0 Å². The molecule has 70 valence electrons. The van der Waals surface area contributed by atoms with Gasteiger partial charge in [0.1, 0.15) is 0 Å². The highest BCUT2D eigenvalue weighted by atomic mass is 32.1. The molecule has 0 spiro atoms. The number of carboxylic acids is 1. The monoisotopic (exact) mass is 189 g/mol. The highest BCUT2D eigenvalue weighted by Gasteiger charge is 1.99. The van der Waals surface area contributed by atoms with Crippen LogP contribution in [0.1, 0.15) is 32.6 Å². The third kappa shape index (κ3) is 7.47. The Kier molecular flexibility index (Phi) is 6.66. The first-order valence-corrected chi connectivity index (χ1v) is 4.56. The van der Waals surface area contributed by atoms with Gasteiger partial charge in [-0.2, -0.15) is 0 Å². The smallest absolute Gasteiger partial charge is 0.303 e. The number of rotatable bonds is 6. The lowest BCUT2D eigenvalue weighted by Crippen LogP contribution is -2.22. The van der Waals surface area contributed by atoms with Gasteiger partial charge in [0.15, 0.2) is 0 Å². The first-order chi connectivity index (χ1) is 5.66. The second kappa shape index (κ2) is 7.03. The fourth-order valence-corrected chi connectivity index (χ4v) is 0.918. The van der Waals surface area contributed by atoms with Gasteiger partial charge in [0.25, 0.3) is 0 Å². The normalized spacial score (nSPS) is 9.42. The highest BCUT2D eigenvalue weighted by Crippen LogP contribution is 1.91. The Morgan fingerprint density at radius 2 is 2.17 bits per heavy atom. The van der Waals surface area contributed by atoms with Gasteiger partial charge in [0.05, 0.1) is 11.4 Å². The predicted octanol–water partition coefficient (Wildman–Crippen LogP) is 1.57. The number of hydrogen-bond donors (Lipinski definition) is 2. The van der Waals surface area contributed by atoms with E-state index in [0.29, 0.717) is 11.4 Å². The summed E-state index contributed by atoms with van der Waals surface area (Å²) in [5, 5.41) is 11.4. The second-order valence-corrected chi connectivity index (χ2v) is 3.09. The first kappa shape index (κ1) is 11.4. The molecule has 0 bridgehead atoms. The number of aliphatic carboxylic acids is 1. The average molecular weight is 189 g/mol. The Labute approximate surface area is 78.2 Å². The Hall–Kier alpha value is -0.640. The van der Waals surface area contributed by atoms with Crippen molar-refractivity contribution < 1.29 is 9.90 Å². The van der Waals surface area contributed by atoms with Gasteiger partial charge in [0, 0.05) is 13.0 Å². The number of unbranched alkanes of at least 4 members (excludes halogenated alkanes) is 1. The van der Waals surface area contributed by atoms with Crippen molar-refractivity contribution in [3.05, 3.63) is 0 Å². The molecule has 0 atom stereocenters. The van der Waals surface area contributed by atoms with Gasteiger partial charge < -0.3 is 10.4 Å². The molecule has 12 heavy (non-hydrogen) atoms. The zero-order valence-corrected chi connectivity index (χ0v) is 8.12. The van der Waals surface area contributed by atoms with E-state index < -0.39 is 5.97 Å². The van der Waals surface area contributed by atoms with Crippen LogP contribution in [0.25, 0.3) is 0 Å². The van der Waals surface area contributed by atoms with Crippen LogP contribution >= 0.6 is 12.2 Å². The molecule has 3 nitrogen and oxygen atoms in total. The molecule has 0 aliphatic heterocycles. The van der Waals surface area contributed by atoms with E-state index in [2.05, 4.69) is 12.2 Å². The molecule has 0 aromatic carbocycles. The van der Waals surface area contributed by atoms with Gasteiger partial charge in [-0.05, 0) is 6.42 Å². The van der Waals surface area contributed by atoms with Crippen molar-refractivity contribution >= 4 is 23.2 Å². The van der Waals surface area contributed by atoms with Crippen molar-refractivity contribution in [1.29, 1.82) is 0 Å². The number of hydrogen-bond acceptors (Lipinski definition) is 2. The molecule has 0 radical (unpaired) electrons. The topological polar surface area (TPSA) is 49.3 Å². The number of carbonyl (C=O) groups is 1. The van der Waals surface area contributed by atoms with E-state index in [-0.39, 0.29) is 6.42 Å². The minimum absolute atomic E-state index is 0.123. The average Bonchev–Trinajstić information content (AvgIpc) is 2.01. The fourth-order valence-electron chi connectivity index (χ4n) is 0.713. The Bertz CT molecular complexity index is 159. The summed E-state index contributed by atoms with van der Waals surface area (Å²) in [6.45, 7) is 2.96. The molecule has 0 saturated heterocycles. The van der Waals surface area contributed by atoms with Gasteiger partial charge in [-0.3, -0.25) is 4.79 Å². The highest BCUT2D eigenvalue weighted by molar-refractivity contribution is 7.80. The van der Waals surface area contributed by atoms with E-state index in [1.165, 1.54) is 0 Å². The largest absolute Gasteiger partial charge is 0.481 e. The van der Waals surface area contributed by atoms with Gasteiger partial charge in [-0.25, -0.2) is 0 Å². The number of carboxylic acid groups (broad SMARTS) is 1. The van der Waals surface area contributed by atoms with Crippen molar-refractivity contribution in [1.82, 2.24) is 5.32 Å². The summed E-state index contributed by atoms with van der Waals surface area (Å²) in [6.07, 6.45) is 2.77. The quantitative estimate of drug-likeness (QED) is 0.492. The van der Waals surface area contributed by atoms with Crippen molar-refractivity contribution in [2.45, 2.75) is 32.6 Å². The molecule has 0 saturated carbocycles. The molecular weight excluding hydrogens is 174 g/mol. The second-order valence-electron chi connectivity index (χ2n) is 2.60. The zero-order chi connectivity index (χ0) is 9.40. The summed E-state index contributed by atoms with van der Waals surface area (Å²) in [6, 6.07) is 0. The van der Waals surface area contributed by atoms with Crippen molar-refractivity contribution in [2.24, 2.45) is 0 Å². The van der Waals surface area contributed by atoms with E-state index in [1.807, 2.05) is 0 Å². The summed E-state index contributed by atoms with van der Waals surface area (Å²) < 4.78 is 0. The molecule has 0 amide bonds. The SMILES string of the molecule is CCCCNC(=S)CCC(=O)O. The molecule has 0 aromatic heterocycles. The minimum Gasteiger partial charge on any atom is -0.481 e. The van der Waals surface area contributed by atoms with Crippen molar-refractivity contribution in [2.75, 3.05) is 6.54 Å². The maximum Gasteiger partial charge on any atom is 0.303 e. The van der Waals surface area contributed by atoms with Crippen LogP contribution in [-0.2, 0) is 4.79 Å².